The van der Waals surface area contributed by atoms with Gasteiger partial charge in [-0.2, -0.15) is 0 Å². The van der Waals surface area contributed by atoms with E-state index < -0.39 is 0 Å². The quantitative estimate of drug-likeness (QED) is 0.384. The first-order chi connectivity index (χ1) is 13.2. The molecule has 0 fully saturated rings. The fourth-order valence-corrected chi connectivity index (χ4v) is 4.42. The van der Waals surface area contributed by atoms with Gasteiger partial charge in [-0.1, -0.05) is 42.1 Å². The highest BCUT2D eigenvalue weighted by Gasteiger charge is 2.18. The molecule has 0 radical (unpaired) electrons. The molecule has 5 nitrogen and oxygen atoms in total. The van der Waals surface area contributed by atoms with Crippen molar-refractivity contribution in [1.82, 2.24) is 14.5 Å². The van der Waals surface area contributed by atoms with Gasteiger partial charge in [0.25, 0.3) is 5.56 Å². The summed E-state index contributed by atoms with van der Waals surface area (Å²) in [5, 5.41) is 1.14. The third kappa shape index (κ3) is 3.54. The van der Waals surface area contributed by atoms with Crippen LogP contribution in [0.3, 0.4) is 0 Å². The van der Waals surface area contributed by atoms with Gasteiger partial charge in [0.05, 0.1) is 11.1 Å². The molecular weight excluding hydrogens is 358 g/mol. The summed E-state index contributed by atoms with van der Waals surface area (Å²) in [7, 11) is 0. The van der Waals surface area contributed by atoms with Crippen molar-refractivity contribution >= 4 is 28.6 Å². The lowest BCUT2D eigenvalue weighted by Crippen LogP contribution is -2.24. The first-order valence-corrected chi connectivity index (χ1v) is 10.3. The zero-order valence-corrected chi connectivity index (χ0v) is 16.1. The molecule has 138 valence electrons. The number of ketones is 1. The maximum Gasteiger partial charge on any atom is 0.263 e. The number of hydrogen-bond donors (Lipinski definition) is 0. The zero-order valence-electron chi connectivity index (χ0n) is 15.3. The summed E-state index contributed by atoms with van der Waals surface area (Å²) in [4.78, 5) is 34.7. The van der Waals surface area contributed by atoms with Crippen molar-refractivity contribution in [2.24, 2.45) is 0 Å². The molecule has 0 N–H and O–H groups in total. The summed E-state index contributed by atoms with van der Waals surface area (Å²) >= 11 is 1.30. The van der Waals surface area contributed by atoms with Crippen molar-refractivity contribution in [3.05, 3.63) is 63.6 Å². The standard InChI is InChI=1S/C21H21N3O2S/c1-2-24-20(26)16-12-15-10-6-7-11-17(15)22-19(16)23-21(24)27-13-18(25)14-8-4-3-5-9-14/h3-5,8-9,12H,2,6-7,10-11,13H2,1H3. The third-order valence-corrected chi connectivity index (χ3v) is 5.91. The molecule has 0 bridgehead atoms. The molecule has 0 atom stereocenters. The Hall–Kier alpha value is -2.47. The van der Waals surface area contributed by atoms with Gasteiger partial charge < -0.3 is 0 Å². The highest BCUT2D eigenvalue weighted by atomic mass is 32.2. The molecule has 0 saturated heterocycles. The van der Waals surface area contributed by atoms with Gasteiger partial charge in [0, 0.05) is 17.8 Å². The number of thioether (sulfide) groups is 1. The lowest BCUT2D eigenvalue weighted by Gasteiger charge is -2.16. The lowest BCUT2D eigenvalue weighted by molar-refractivity contribution is 0.102. The van der Waals surface area contributed by atoms with Crippen LogP contribution >= 0.6 is 11.8 Å². The Morgan fingerprint density at radius 3 is 2.70 bits per heavy atom. The number of benzene rings is 1. The van der Waals surface area contributed by atoms with Crippen LogP contribution in [0.15, 0.2) is 46.3 Å². The maximum atomic E-state index is 13.0. The molecule has 1 aliphatic rings. The number of Topliss-reactive ketones (excluding diaryl/α,β-unsaturated/α-hetero) is 1. The van der Waals surface area contributed by atoms with Crippen molar-refractivity contribution in [1.29, 1.82) is 0 Å². The second kappa shape index (κ2) is 7.64. The molecule has 1 aliphatic carbocycles. The van der Waals surface area contributed by atoms with Gasteiger partial charge in [0.15, 0.2) is 16.6 Å². The molecule has 2 aromatic heterocycles. The molecule has 1 aromatic carbocycles. The third-order valence-electron chi connectivity index (χ3n) is 4.93. The van der Waals surface area contributed by atoms with Crippen molar-refractivity contribution < 1.29 is 4.79 Å². The number of carbonyl (C=O) groups excluding carboxylic acids is 1. The predicted octanol–water partition coefficient (Wildman–Crippen LogP) is 3.67. The van der Waals surface area contributed by atoms with E-state index in [1.54, 1.807) is 16.7 Å². The van der Waals surface area contributed by atoms with E-state index in [0.717, 1.165) is 31.4 Å². The van der Waals surface area contributed by atoms with Crippen molar-refractivity contribution in [3.8, 4) is 0 Å². The van der Waals surface area contributed by atoms with E-state index in [1.807, 2.05) is 31.2 Å². The van der Waals surface area contributed by atoms with Crippen LogP contribution in [0, 0.1) is 0 Å². The van der Waals surface area contributed by atoms with Crippen LogP contribution in [0.25, 0.3) is 11.0 Å². The van der Waals surface area contributed by atoms with Gasteiger partial charge in [-0.15, -0.1) is 0 Å². The van der Waals surface area contributed by atoms with E-state index >= 15 is 0 Å². The van der Waals surface area contributed by atoms with Gasteiger partial charge in [-0.05, 0) is 44.2 Å². The predicted molar refractivity (Wildman–Crippen MR) is 108 cm³/mol. The Labute approximate surface area is 161 Å². The van der Waals surface area contributed by atoms with Crippen molar-refractivity contribution in [3.63, 3.8) is 0 Å². The molecule has 0 aliphatic heterocycles. The minimum Gasteiger partial charge on any atom is -0.293 e. The smallest absolute Gasteiger partial charge is 0.263 e. The monoisotopic (exact) mass is 379 g/mol. The summed E-state index contributed by atoms with van der Waals surface area (Å²) in [6, 6.07) is 11.2. The molecular formula is C21H21N3O2S. The zero-order chi connectivity index (χ0) is 18.8. The molecule has 6 heteroatoms. The molecule has 0 unspecified atom stereocenters. The summed E-state index contributed by atoms with van der Waals surface area (Å²) in [5.74, 6) is 0.267. The molecule has 2 heterocycles. The van der Waals surface area contributed by atoms with E-state index in [0.29, 0.717) is 28.3 Å². The number of aryl methyl sites for hydroxylation is 2. The topological polar surface area (TPSA) is 64.8 Å². The van der Waals surface area contributed by atoms with Crippen LogP contribution in [0.2, 0.25) is 0 Å². The molecule has 0 spiro atoms. The van der Waals surface area contributed by atoms with Gasteiger partial charge in [-0.25, -0.2) is 9.97 Å². The average Bonchev–Trinajstić information content (AvgIpc) is 2.71. The van der Waals surface area contributed by atoms with Crippen LogP contribution < -0.4 is 5.56 Å². The highest BCUT2D eigenvalue weighted by molar-refractivity contribution is 7.99. The summed E-state index contributed by atoms with van der Waals surface area (Å²) < 4.78 is 1.64. The summed E-state index contributed by atoms with van der Waals surface area (Å²) in [6.45, 7) is 2.44. The number of nitrogens with zero attached hydrogens (tertiary/aromatic N) is 3. The largest absolute Gasteiger partial charge is 0.293 e. The van der Waals surface area contributed by atoms with Crippen LogP contribution in [0.4, 0.5) is 0 Å². The van der Waals surface area contributed by atoms with E-state index in [-0.39, 0.29) is 17.1 Å². The van der Waals surface area contributed by atoms with Gasteiger partial charge >= 0.3 is 0 Å². The molecule has 27 heavy (non-hydrogen) atoms. The number of pyridine rings is 1. The lowest BCUT2D eigenvalue weighted by atomic mass is 9.95. The Kier molecular flexibility index (Phi) is 5.07. The number of fused-ring (bicyclic) bond motifs is 2. The number of rotatable bonds is 5. The minimum atomic E-state index is -0.0713. The second-order valence-corrected chi connectivity index (χ2v) is 7.64. The Morgan fingerprint density at radius 2 is 1.93 bits per heavy atom. The molecule has 0 saturated carbocycles. The Morgan fingerprint density at radius 1 is 1.15 bits per heavy atom. The van der Waals surface area contributed by atoms with Crippen LogP contribution in [-0.2, 0) is 19.4 Å². The van der Waals surface area contributed by atoms with Gasteiger partial charge in [-0.3, -0.25) is 14.2 Å². The summed E-state index contributed by atoms with van der Waals surface area (Å²) in [5.41, 5.74) is 3.34. The first kappa shape index (κ1) is 17.9. The van der Waals surface area contributed by atoms with E-state index in [9.17, 15) is 9.59 Å². The van der Waals surface area contributed by atoms with Crippen LogP contribution in [0.5, 0.6) is 0 Å². The first-order valence-electron chi connectivity index (χ1n) is 9.31. The van der Waals surface area contributed by atoms with Crippen LogP contribution in [0.1, 0.15) is 41.4 Å². The van der Waals surface area contributed by atoms with Crippen LogP contribution in [-0.4, -0.2) is 26.1 Å². The van der Waals surface area contributed by atoms with Crippen molar-refractivity contribution in [2.45, 2.75) is 44.3 Å². The number of hydrogen-bond acceptors (Lipinski definition) is 5. The fourth-order valence-electron chi connectivity index (χ4n) is 3.48. The average molecular weight is 379 g/mol. The Balaban J connectivity index is 1.69. The summed E-state index contributed by atoms with van der Waals surface area (Å²) in [6.07, 6.45) is 4.19. The van der Waals surface area contributed by atoms with E-state index in [2.05, 4.69) is 9.97 Å². The molecule has 0 amide bonds. The minimum absolute atomic E-state index is 0.0241. The van der Waals surface area contributed by atoms with E-state index in [4.69, 9.17) is 0 Å². The highest BCUT2D eigenvalue weighted by Crippen LogP contribution is 2.24. The maximum absolute atomic E-state index is 13.0. The SMILES string of the molecule is CCn1c(SCC(=O)c2ccccc2)nc2nc3c(cc2c1=O)CCCC3. The van der Waals surface area contributed by atoms with Gasteiger partial charge in [0.2, 0.25) is 0 Å². The fraction of sp³-hybridized carbons (Fsp3) is 0.333. The normalized spacial score (nSPS) is 13.5. The second-order valence-electron chi connectivity index (χ2n) is 6.69. The van der Waals surface area contributed by atoms with Crippen molar-refractivity contribution in [2.75, 3.05) is 5.75 Å². The van der Waals surface area contributed by atoms with E-state index in [1.165, 1.54) is 17.3 Å². The number of aromatic nitrogens is 3. The number of carbonyl (C=O) groups is 1. The molecule has 4 rings (SSSR count). The Bertz CT molecular complexity index is 1060. The molecule has 3 aromatic rings. The van der Waals surface area contributed by atoms with Gasteiger partial charge in [0.1, 0.15) is 0 Å².